The molecule has 29 heavy (non-hydrogen) atoms. The van der Waals surface area contributed by atoms with E-state index in [0.717, 1.165) is 42.4 Å². The van der Waals surface area contributed by atoms with Gasteiger partial charge in [-0.3, -0.25) is 14.6 Å². The van der Waals surface area contributed by atoms with Crippen LogP contribution in [0.15, 0.2) is 42.5 Å². The molecular formula is C22H23F2N3O2. The van der Waals surface area contributed by atoms with E-state index in [2.05, 4.69) is 10.2 Å². The van der Waals surface area contributed by atoms with E-state index in [9.17, 15) is 18.4 Å². The van der Waals surface area contributed by atoms with Crippen LogP contribution < -0.4 is 10.2 Å². The summed E-state index contributed by atoms with van der Waals surface area (Å²) >= 11 is 0. The van der Waals surface area contributed by atoms with Gasteiger partial charge in [0.15, 0.2) is 5.78 Å². The Hall–Kier alpha value is -2.80. The Morgan fingerprint density at radius 2 is 1.90 bits per heavy atom. The molecule has 5 nitrogen and oxygen atoms in total. The van der Waals surface area contributed by atoms with Gasteiger partial charge in [-0.25, -0.2) is 13.6 Å². The molecule has 2 heterocycles. The third-order valence-electron chi connectivity index (χ3n) is 5.58. The highest BCUT2D eigenvalue weighted by Crippen LogP contribution is 2.25. The zero-order valence-electron chi connectivity index (χ0n) is 16.0. The molecule has 2 aliphatic heterocycles. The number of hydrogen-bond acceptors (Lipinski definition) is 3. The van der Waals surface area contributed by atoms with Crippen molar-refractivity contribution >= 4 is 17.5 Å². The maximum atomic E-state index is 14.0. The van der Waals surface area contributed by atoms with Gasteiger partial charge in [-0.2, -0.15) is 0 Å². The lowest BCUT2D eigenvalue weighted by Gasteiger charge is -2.32. The number of benzene rings is 2. The lowest BCUT2D eigenvalue weighted by molar-refractivity contribution is 0.0807. The molecule has 0 aliphatic carbocycles. The molecule has 0 unspecified atom stereocenters. The smallest absolute Gasteiger partial charge is 0.321 e. The summed E-state index contributed by atoms with van der Waals surface area (Å²) in [4.78, 5) is 28.3. The molecule has 152 valence electrons. The van der Waals surface area contributed by atoms with Gasteiger partial charge in [0, 0.05) is 37.8 Å². The van der Waals surface area contributed by atoms with Crippen LogP contribution >= 0.6 is 0 Å². The Morgan fingerprint density at radius 1 is 1.10 bits per heavy atom. The first kappa shape index (κ1) is 19.5. The molecule has 2 amide bonds. The number of nitrogens with zero attached hydrogens (tertiary/aromatic N) is 2. The predicted octanol–water partition coefficient (Wildman–Crippen LogP) is 3.59. The summed E-state index contributed by atoms with van der Waals surface area (Å²) in [6, 6.07) is 10.8. The second-order valence-electron chi connectivity index (χ2n) is 7.61. The van der Waals surface area contributed by atoms with Crippen LogP contribution in [0.3, 0.4) is 0 Å². The number of nitrogens with one attached hydrogen (secondary N) is 1. The number of rotatable bonds is 5. The molecule has 7 heteroatoms. The number of piperidine rings is 1. The van der Waals surface area contributed by atoms with Crippen LogP contribution in [0, 0.1) is 17.6 Å². The third-order valence-corrected chi connectivity index (χ3v) is 5.58. The van der Waals surface area contributed by atoms with Crippen molar-refractivity contribution < 1.29 is 18.4 Å². The van der Waals surface area contributed by atoms with Crippen LogP contribution in [0.25, 0.3) is 0 Å². The minimum atomic E-state index is -0.671. The highest BCUT2D eigenvalue weighted by atomic mass is 19.1. The summed E-state index contributed by atoms with van der Waals surface area (Å²) in [5.74, 6) is -1.95. The number of anilines is 1. The summed E-state index contributed by atoms with van der Waals surface area (Å²) in [7, 11) is 0. The van der Waals surface area contributed by atoms with Crippen LogP contribution in [-0.2, 0) is 6.54 Å². The van der Waals surface area contributed by atoms with Crippen molar-refractivity contribution in [2.24, 2.45) is 5.92 Å². The number of carbonyl (C=O) groups excluding carboxylic acids is 2. The number of halogens is 2. The summed E-state index contributed by atoms with van der Waals surface area (Å²) in [6.45, 7) is 3.35. The van der Waals surface area contributed by atoms with Crippen molar-refractivity contribution in [3.63, 3.8) is 0 Å². The van der Waals surface area contributed by atoms with Crippen molar-refractivity contribution in [2.45, 2.75) is 19.4 Å². The van der Waals surface area contributed by atoms with Crippen LogP contribution in [-0.4, -0.2) is 42.9 Å². The van der Waals surface area contributed by atoms with Gasteiger partial charge in [-0.05, 0) is 55.3 Å². The van der Waals surface area contributed by atoms with Gasteiger partial charge in [-0.1, -0.05) is 12.1 Å². The molecular weight excluding hydrogens is 376 g/mol. The standard InChI is InChI=1S/C22H23F2N3O2/c23-17-5-8-20(24)19(12-17)21(28)16-2-1-10-26(14-16)13-15-3-6-18(7-4-15)27-11-9-25-22(27)29/h3-8,12,16H,1-2,9-11,13-14H2,(H,25,29)/t16-/m1/s1. The highest BCUT2D eigenvalue weighted by Gasteiger charge is 2.28. The van der Waals surface area contributed by atoms with Gasteiger partial charge in [0.1, 0.15) is 11.6 Å². The van der Waals surface area contributed by atoms with Gasteiger partial charge in [0.25, 0.3) is 0 Å². The quantitative estimate of drug-likeness (QED) is 0.782. The first-order valence-electron chi connectivity index (χ1n) is 9.87. The Balaban J connectivity index is 1.40. The topological polar surface area (TPSA) is 52.7 Å². The summed E-state index contributed by atoms with van der Waals surface area (Å²) in [5, 5.41) is 2.78. The van der Waals surface area contributed by atoms with Crippen molar-refractivity contribution in [3.05, 3.63) is 65.2 Å². The average Bonchev–Trinajstić information content (AvgIpc) is 3.16. The molecule has 2 saturated heterocycles. The van der Waals surface area contributed by atoms with E-state index in [-0.39, 0.29) is 23.3 Å². The summed E-state index contributed by atoms with van der Waals surface area (Å²) in [6.07, 6.45) is 1.51. The van der Waals surface area contributed by atoms with Crippen molar-refractivity contribution in [1.29, 1.82) is 0 Å². The molecule has 0 radical (unpaired) electrons. The maximum absolute atomic E-state index is 14.0. The Morgan fingerprint density at radius 3 is 2.62 bits per heavy atom. The van der Waals surface area contributed by atoms with E-state index in [1.165, 1.54) is 0 Å². The monoisotopic (exact) mass is 399 g/mol. The van der Waals surface area contributed by atoms with Gasteiger partial charge in [0.2, 0.25) is 0 Å². The zero-order valence-corrected chi connectivity index (χ0v) is 16.0. The molecule has 0 spiro atoms. The minimum Gasteiger partial charge on any atom is -0.336 e. The fourth-order valence-electron chi connectivity index (χ4n) is 4.08. The van der Waals surface area contributed by atoms with Crippen LogP contribution in [0.5, 0.6) is 0 Å². The van der Waals surface area contributed by atoms with Crippen molar-refractivity contribution in [1.82, 2.24) is 10.2 Å². The molecule has 2 fully saturated rings. The van der Waals surface area contributed by atoms with Gasteiger partial charge < -0.3 is 5.32 Å². The SMILES string of the molecule is O=C(c1cc(F)ccc1F)[C@@H]1CCCN(Cc2ccc(N3CCNC3=O)cc2)C1. The minimum absolute atomic E-state index is 0.0836. The maximum Gasteiger partial charge on any atom is 0.321 e. The van der Waals surface area contributed by atoms with Gasteiger partial charge in [0.05, 0.1) is 5.56 Å². The number of Topliss-reactive ketones (excluding diaryl/α,β-unsaturated/α-hetero) is 1. The second-order valence-corrected chi connectivity index (χ2v) is 7.61. The van der Waals surface area contributed by atoms with E-state index >= 15 is 0 Å². The number of hydrogen-bond donors (Lipinski definition) is 1. The number of urea groups is 1. The van der Waals surface area contributed by atoms with E-state index in [0.29, 0.717) is 32.6 Å². The van der Waals surface area contributed by atoms with Gasteiger partial charge >= 0.3 is 6.03 Å². The number of ketones is 1. The molecule has 4 rings (SSSR count). The molecule has 2 aliphatic rings. The molecule has 2 aromatic rings. The van der Waals surface area contributed by atoms with E-state index < -0.39 is 11.6 Å². The fourth-order valence-corrected chi connectivity index (χ4v) is 4.08. The molecule has 1 atom stereocenters. The molecule has 0 saturated carbocycles. The fraction of sp³-hybridized carbons (Fsp3) is 0.364. The van der Waals surface area contributed by atoms with E-state index in [1.807, 2.05) is 24.3 Å². The zero-order chi connectivity index (χ0) is 20.4. The molecule has 1 N–H and O–H groups in total. The average molecular weight is 399 g/mol. The molecule has 0 aromatic heterocycles. The van der Waals surface area contributed by atoms with Crippen LogP contribution in [0.2, 0.25) is 0 Å². The lowest BCUT2D eigenvalue weighted by atomic mass is 9.89. The summed E-state index contributed by atoms with van der Waals surface area (Å²) < 4.78 is 27.4. The van der Waals surface area contributed by atoms with Crippen molar-refractivity contribution in [2.75, 3.05) is 31.1 Å². The Kier molecular flexibility index (Phi) is 5.58. The Labute approximate surface area is 168 Å². The normalized spacial score (nSPS) is 20.0. The van der Waals surface area contributed by atoms with E-state index in [1.54, 1.807) is 4.90 Å². The largest absolute Gasteiger partial charge is 0.336 e. The number of likely N-dealkylation sites (tertiary alicyclic amines) is 1. The predicted molar refractivity (Wildman–Crippen MR) is 106 cm³/mol. The van der Waals surface area contributed by atoms with Crippen molar-refractivity contribution in [3.8, 4) is 0 Å². The van der Waals surface area contributed by atoms with Crippen LogP contribution in [0.1, 0.15) is 28.8 Å². The highest BCUT2D eigenvalue weighted by molar-refractivity contribution is 5.98. The molecule has 2 aromatic carbocycles. The molecule has 0 bridgehead atoms. The lowest BCUT2D eigenvalue weighted by Crippen LogP contribution is -2.38. The first-order chi connectivity index (χ1) is 14.0. The van der Waals surface area contributed by atoms with Crippen LogP contribution in [0.4, 0.5) is 19.3 Å². The van der Waals surface area contributed by atoms with Gasteiger partial charge in [-0.15, -0.1) is 0 Å². The van der Waals surface area contributed by atoms with E-state index in [4.69, 9.17) is 0 Å². The first-order valence-corrected chi connectivity index (χ1v) is 9.87. The number of amides is 2. The third kappa shape index (κ3) is 4.29. The summed E-state index contributed by atoms with van der Waals surface area (Å²) in [5.41, 5.74) is 1.78. The second kappa shape index (κ2) is 8.29. The number of carbonyl (C=O) groups is 2. The Bertz CT molecular complexity index is 917.